The molecule has 2 saturated heterocycles. The number of hydrogen-bond donors (Lipinski definition) is 1. The van der Waals surface area contributed by atoms with Crippen LogP contribution in [0.1, 0.15) is 48.9 Å². The zero-order valence-electron chi connectivity index (χ0n) is 17.2. The van der Waals surface area contributed by atoms with E-state index in [1.165, 1.54) is 7.11 Å². The fourth-order valence-corrected chi connectivity index (χ4v) is 3.92. The van der Waals surface area contributed by atoms with Crippen molar-refractivity contribution in [1.82, 2.24) is 10.2 Å². The second-order valence-electron chi connectivity index (χ2n) is 7.72. The summed E-state index contributed by atoms with van der Waals surface area (Å²) in [4.78, 5) is 40.3. The highest BCUT2D eigenvalue weighted by Gasteiger charge is 2.27. The zero-order valence-corrected chi connectivity index (χ0v) is 17.2. The van der Waals surface area contributed by atoms with Gasteiger partial charge in [0.25, 0.3) is 0 Å². The number of carbonyl (C=O) groups excluding carboxylic acids is 3. The molecule has 0 aromatic heterocycles. The fraction of sp³-hybridized carbons (Fsp3) is 0.591. The number of methoxy groups -OCH3 is 1. The molecule has 2 fully saturated rings. The SMILES string of the molecule is COc1cc(C(=O)CCCCCN2CCNCC2)ccc1N1CCC(=O)CC1=O. The third-order valence-corrected chi connectivity index (χ3v) is 5.64. The first-order valence-corrected chi connectivity index (χ1v) is 10.5. The summed E-state index contributed by atoms with van der Waals surface area (Å²) in [7, 11) is 1.53. The lowest BCUT2D eigenvalue weighted by atomic mass is 10.0. The lowest BCUT2D eigenvalue weighted by molar-refractivity contribution is -0.128. The van der Waals surface area contributed by atoms with E-state index in [0.29, 0.717) is 36.4 Å². The number of piperazine rings is 1. The quantitative estimate of drug-likeness (QED) is 0.388. The van der Waals surface area contributed by atoms with Gasteiger partial charge in [-0.1, -0.05) is 6.42 Å². The van der Waals surface area contributed by atoms with Crippen molar-refractivity contribution in [3.8, 4) is 5.75 Å². The van der Waals surface area contributed by atoms with Crippen molar-refractivity contribution in [1.29, 1.82) is 0 Å². The average Bonchev–Trinajstić information content (AvgIpc) is 2.74. The highest BCUT2D eigenvalue weighted by Crippen LogP contribution is 2.32. The Morgan fingerprint density at radius 2 is 1.90 bits per heavy atom. The number of unbranched alkanes of at least 4 members (excludes halogenated alkanes) is 2. The van der Waals surface area contributed by atoms with Gasteiger partial charge in [0, 0.05) is 51.1 Å². The molecule has 7 nitrogen and oxygen atoms in total. The molecule has 0 radical (unpaired) electrons. The Balaban J connectivity index is 1.50. The van der Waals surface area contributed by atoms with Crippen molar-refractivity contribution in [3.63, 3.8) is 0 Å². The Bertz CT molecular complexity index is 744. The van der Waals surface area contributed by atoms with E-state index in [0.717, 1.165) is 52.0 Å². The number of ketones is 2. The third-order valence-electron chi connectivity index (χ3n) is 5.64. The van der Waals surface area contributed by atoms with Gasteiger partial charge < -0.3 is 19.9 Å². The number of ether oxygens (including phenoxy) is 1. The topological polar surface area (TPSA) is 79.0 Å². The minimum absolute atomic E-state index is 0.0334. The Morgan fingerprint density at radius 3 is 2.62 bits per heavy atom. The molecule has 0 bridgehead atoms. The molecule has 2 aliphatic heterocycles. The van der Waals surface area contributed by atoms with Crippen LogP contribution < -0.4 is 15.0 Å². The first-order chi connectivity index (χ1) is 14.1. The fourth-order valence-electron chi connectivity index (χ4n) is 3.92. The van der Waals surface area contributed by atoms with Gasteiger partial charge in [0.1, 0.15) is 11.5 Å². The normalized spacial score (nSPS) is 18.2. The van der Waals surface area contributed by atoms with E-state index in [1.807, 2.05) is 0 Å². The molecule has 0 spiro atoms. The van der Waals surface area contributed by atoms with Crippen molar-refractivity contribution in [2.24, 2.45) is 0 Å². The van der Waals surface area contributed by atoms with Crippen LogP contribution in [0.2, 0.25) is 0 Å². The maximum atomic E-state index is 12.6. The van der Waals surface area contributed by atoms with Gasteiger partial charge >= 0.3 is 0 Å². The van der Waals surface area contributed by atoms with E-state index < -0.39 is 0 Å². The minimum atomic E-state index is -0.219. The Hall–Kier alpha value is -2.25. The summed E-state index contributed by atoms with van der Waals surface area (Å²) in [5, 5.41) is 3.35. The van der Waals surface area contributed by atoms with Crippen molar-refractivity contribution < 1.29 is 19.1 Å². The molecule has 2 heterocycles. The number of amides is 1. The van der Waals surface area contributed by atoms with Gasteiger partial charge in [0.15, 0.2) is 5.78 Å². The predicted molar refractivity (Wildman–Crippen MR) is 112 cm³/mol. The number of benzene rings is 1. The molecule has 0 atom stereocenters. The molecule has 1 aromatic rings. The van der Waals surface area contributed by atoms with Crippen LogP contribution in [-0.4, -0.2) is 68.8 Å². The number of nitrogens with one attached hydrogen (secondary N) is 1. The number of anilines is 1. The lowest BCUT2D eigenvalue weighted by Crippen LogP contribution is -2.43. The van der Waals surface area contributed by atoms with Crippen molar-refractivity contribution in [3.05, 3.63) is 23.8 Å². The maximum Gasteiger partial charge on any atom is 0.234 e. The van der Waals surface area contributed by atoms with Gasteiger partial charge in [-0.15, -0.1) is 0 Å². The average molecular weight is 402 g/mol. The van der Waals surface area contributed by atoms with E-state index in [-0.39, 0.29) is 23.9 Å². The highest BCUT2D eigenvalue weighted by molar-refractivity contribution is 6.09. The summed E-state index contributed by atoms with van der Waals surface area (Å²) < 4.78 is 5.43. The molecular weight excluding hydrogens is 370 g/mol. The van der Waals surface area contributed by atoms with E-state index in [1.54, 1.807) is 23.1 Å². The van der Waals surface area contributed by atoms with Gasteiger partial charge in [-0.05, 0) is 37.6 Å². The van der Waals surface area contributed by atoms with Gasteiger partial charge in [-0.25, -0.2) is 0 Å². The van der Waals surface area contributed by atoms with Crippen LogP contribution in [0.25, 0.3) is 0 Å². The van der Waals surface area contributed by atoms with E-state index >= 15 is 0 Å². The molecule has 1 amide bonds. The zero-order chi connectivity index (χ0) is 20.6. The molecule has 1 N–H and O–H groups in total. The highest BCUT2D eigenvalue weighted by atomic mass is 16.5. The van der Waals surface area contributed by atoms with Crippen molar-refractivity contribution in [2.45, 2.75) is 38.5 Å². The number of nitrogens with zero attached hydrogens (tertiary/aromatic N) is 2. The van der Waals surface area contributed by atoms with Gasteiger partial charge in [-0.3, -0.25) is 14.4 Å². The second-order valence-corrected chi connectivity index (χ2v) is 7.72. The molecule has 1 aromatic carbocycles. The third kappa shape index (κ3) is 5.87. The van der Waals surface area contributed by atoms with Gasteiger partial charge in [0.2, 0.25) is 5.91 Å². The van der Waals surface area contributed by atoms with Gasteiger partial charge in [-0.2, -0.15) is 0 Å². The standard InChI is InChI=1S/C22H31N3O4/c1-29-21-15-17(6-7-19(21)25-12-8-18(26)16-22(25)28)20(27)5-3-2-4-11-24-13-9-23-10-14-24/h6-7,15,23H,2-5,8-14,16H2,1H3. The first kappa shape index (κ1) is 21.5. The Kier molecular flexibility index (Phi) is 7.77. The summed E-state index contributed by atoms with van der Waals surface area (Å²) in [6.07, 6.45) is 3.83. The molecular formula is C22H31N3O4. The van der Waals surface area contributed by atoms with Crippen molar-refractivity contribution >= 4 is 23.2 Å². The van der Waals surface area contributed by atoms with Crippen LogP contribution in [0.5, 0.6) is 5.75 Å². The predicted octanol–water partition coefficient (Wildman–Crippen LogP) is 2.04. The summed E-state index contributed by atoms with van der Waals surface area (Å²) in [5.41, 5.74) is 1.23. The van der Waals surface area contributed by atoms with E-state index in [4.69, 9.17) is 4.74 Å². The molecule has 3 rings (SSSR count). The number of hydrogen-bond acceptors (Lipinski definition) is 6. The largest absolute Gasteiger partial charge is 0.495 e. The van der Waals surface area contributed by atoms with Crippen LogP contribution in [-0.2, 0) is 9.59 Å². The summed E-state index contributed by atoms with van der Waals surface area (Å²) in [6.45, 7) is 5.81. The van der Waals surface area contributed by atoms with E-state index in [2.05, 4.69) is 10.2 Å². The first-order valence-electron chi connectivity index (χ1n) is 10.5. The number of carbonyl (C=O) groups is 3. The smallest absolute Gasteiger partial charge is 0.234 e. The monoisotopic (exact) mass is 401 g/mol. The Labute approximate surface area is 172 Å². The maximum absolute atomic E-state index is 12.6. The molecule has 2 aliphatic rings. The molecule has 29 heavy (non-hydrogen) atoms. The number of Topliss-reactive ketones (excluding diaryl/α,β-unsaturated/α-hetero) is 2. The van der Waals surface area contributed by atoms with Crippen LogP contribution >= 0.6 is 0 Å². The molecule has 158 valence electrons. The molecule has 0 aliphatic carbocycles. The van der Waals surface area contributed by atoms with Gasteiger partial charge in [0.05, 0.1) is 19.2 Å². The minimum Gasteiger partial charge on any atom is -0.495 e. The van der Waals surface area contributed by atoms with Crippen LogP contribution in [0.15, 0.2) is 18.2 Å². The molecule has 7 heteroatoms. The van der Waals surface area contributed by atoms with E-state index in [9.17, 15) is 14.4 Å². The van der Waals surface area contributed by atoms with Crippen LogP contribution in [0.4, 0.5) is 5.69 Å². The van der Waals surface area contributed by atoms with Crippen LogP contribution in [0, 0.1) is 0 Å². The lowest BCUT2D eigenvalue weighted by Gasteiger charge is -2.27. The summed E-state index contributed by atoms with van der Waals surface area (Å²) in [6, 6.07) is 5.22. The summed E-state index contributed by atoms with van der Waals surface area (Å²) in [5.74, 6) is 0.339. The van der Waals surface area contributed by atoms with Crippen molar-refractivity contribution in [2.75, 3.05) is 51.3 Å². The molecule has 0 saturated carbocycles. The summed E-state index contributed by atoms with van der Waals surface area (Å²) >= 11 is 0. The van der Waals surface area contributed by atoms with Crippen LogP contribution in [0.3, 0.4) is 0 Å². The molecule has 0 unspecified atom stereocenters. The number of rotatable bonds is 9. The Morgan fingerprint density at radius 1 is 1.10 bits per heavy atom. The number of piperidine rings is 1. The second kappa shape index (κ2) is 10.5.